The van der Waals surface area contributed by atoms with Crippen molar-refractivity contribution >= 4 is 23.0 Å². The fourth-order valence-corrected chi connectivity index (χ4v) is 3.04. The Bertz CT molecular complexity index is 480. The van der Waals surface area contributed by atoms with E-state index in [0.717, 1.165) is 41.4 Å². The molecule has 2 aliphatic rings. The molecule has 1 heterocycles. The van der Waals surface area contributed by atoms with E-state index in [9.17, 15) is 0 Å². The molecule has 1 aromatic heterocycles. The molecule has 0 aromatic carbocycles. The third kappa shape index (κ3) is 3.06. The van der Waals surface area contributed by atoms with Gasteiger partial charge in [0.05, 0.1) is 5.56 Å². The molecule has 4 heteroatoms. The molecular formula is C15H21N3S. The van der Waals surface area contributed by atoms with Gasteiger partial charge in [0.1, 0.15) is 10.8 Å². The van der Waals surface area contributed by atoms with Crippen LogP contribution in [0.1, 0.15) is 36.9 Å². The highest BCUT2D eigenvalue weighted by Crippen LogP contribution is 2.49. The lowest BCUT2D eigenvalue weighted by Crippen LogP contribution is -2.21. The van der Waals surface area contributed by atoms with Crippen molar-refractivity contribution in [2.24, 2.45) is 23.5 Å². The Morgan fingerprint density at radius 2 is 2.00 bits per heavy atom. The maximum absolute atomic E-state index is 5.77. The molecule has 0 saturated heterocycles. The van der Waals surface area contributed by atoms with E-state index in [1.54, 1.807) is 0 Å². The third-order valence-electron chi connectivity index (χ3n) is 4.26. The van der Waals surface area contributed by atoms with E-state index in [-0.39, 0.29) is 0 Å². The van der Waals surface area contributed by atoms with Gasteiger partial charge in [0, 0.05) is 12.2 Å². The van der Waals surface area contributed by atoms with E-state index in [1.165, 1.54) is 25.7 Å². The van der Waals surface area contributed by atoms with E-state index in [0.29, 0.717) is 4.99 Å². The number of thiocarbonyl (C=S) groups is 1. The van der Waals surface area contributed by atoms with Crippen LogP contribution in [0.2, 0.25) is 0 Å². The molecule has 102 valence electrons. The van der Waals surface area contributed by atoms with Crippen LogP contribution < -0.4 is 11.1 Å². The van der Waals surface area contributed by atoms with Crippen LogP contribution in [-0.4, -0.2) is 16.5 Å². The van der Waals surface area contributed by atoms with Crippen LogP contribution in [0, 0.1) is 24.7 Å². The highest BCUT2D eigenvalue weighted by Gasteiger charge is 2.41. The molecule has 3 N–H and O–H groups in total. The smallest absolute Gasteiger partial charge is 0.136 e. The van der Waals surface area contributed by atoms with Crippen molar-refractivity contribution < 1.29 is 0 Å². The van der Waals surface area contributed by atoms with Gasteiger partial charge in [0.15, 0.2) is 0 Å². The summed E-state index contributed by atoms with van der Waals surface area (Å²) in [5.74, 6) is 3.57. The zero-order valence-corrected chi connectivity index (χ0v) is 12.2. The summed E-state index contributed by atoms with van der Waals surface area (Å²) in [4.78, 5) is 4.97. The molecule has 0 bridgehead atoms. The standard InChI is InChI=1S/C15H21N3S/c1-9-2-7-12(14(16)19)15(18-9)17-8-13(10-3-4-10)11-5-6-11/h2,7,10-11,13H,3-6,8H2,1H3,(H2,16,19)(H,17,18). The van der Waals surface area contributed by atoms with Gasteiger partial charge in [-0.2, -0.15) is 0 Å². The lowest BCUT2D eigenvalue weighted by Gasteiger charge is -2.18. The Hall–Kier alpha value is -1.16. The molecule has 2 saturated carbocycles. The van der Waals surface area contributed by atoms with E-state index < -0.39 is 0 Å². The number of nitrogens with one attached hydrogen (secondary N) is 1. The molecule has 0 radical (unpaired) electrons. The van der Waals surface area contributed by atoms with Gasteiger partial charge in [0.25, 0.3) is 0 Å². The van der Waals surface area contributed by atoms with Gasteiger partial charge in [0.2, 0.25) is 0 Å². The minimum absolute atomic E-state index is 0.421. The Labute approximate surface area is 120 Å². The van der Waals surface area contributed by atoms with Crippen molar-refractivity contribution in [1.29, 1.82) is 0 Å². The summed E-state index contributed by atoms with van der Waals surface area (Å²) in [5, 5.41) is 3.50. The molecule has 2 aliphatic carbocycles. The molecule has 0 amide bonds. The Kier molecular flexibility index (Phi) is 3.44. The first-order valence-electron chi connectivity index (χ1n) is 7.16. The molecular weight excluding hydrogens is 254 g/mol. The number of aromatic nitrogens is 1. The van der Waals surface area contributed by atoms with Crippen molar-refractivity contribution in [2.45, 2.75) is 32.6 Å². The zero-order valence-electron chi connectivity index (χ0n) is 11.4. The summed E-state index contributed by atoms with van der Waals surface area (Å²) in [6.07, 6.45) is 5.64. The normalized spacial score (nSPS) is 18.6. The topological polar surface area (TPSA) is 50.9 Å². The van der Waals surface area contributed by atoms with E-state index in [2.05, 4.69) is 10.3 Å². The molecule has 0 aliphatic heterocycles. The van der Waals surface area contributed by atoms with Crippen LogP contribution in [0.15, 0.2) is 12.1 Å². The second kappa shape index (κ2) is 5.08. The first-order valence-corrected chi connectivity index (χ1v) is 7.57. The SMILES string of the molecule is Cc1ccc(C(N)=S)c(NCC(C2CC2)C2CC2)n1. The number of nitrogens with two attached hydrogens (primary N) is 1. The van der Waals surface area contributed by atoms with Gasteiger partial charge < -0.3 is 11.1 Å². The highest BCUT2D eigenvalue weighted by atomic mass is 32.1. The number of rotatable bonds is 6. The van der Waals surface area contributed by atoms with E-state index in [4.69, 9.17) is 18.0 Å². The molecule has 3 nitrogen and oxygen atoms in total. The van der Waals surface area contributed by atoms with Crippen molar-refractivity contribution in [2.75, 3.05) is 11.9 Å². The summed E-state index contributed by atoms with van der Waals surface area (Å²) in [7, 11) is 0. The van der Waals surface area contributed by atoms with Gasteiger partial charge in [-0.1, -0.05) is 12.2 Å². The molecule has 0 spiro atoms. The van der Waals surface area contributed by atoms with Gasteiger partial charge in [-0.3, -0.25) is 0 Å². The van der Waals surface area contributed by atoms with Crippen molar-refractivity contribution in [3.63, 3.8) is 0 Å². The van der Waals surface area contributed by atoms with Crippen LogP contribution in [0.5, 0.6) is 0 Å². The van der Waals surface area contributed by atoms with Crippen LogP contribution in [0.3, 0.4) is 0 Å². The summed E-state index contributed by atoms with van der Waals surface area (Å²) in [6.45, 7) is 3.01. The minimum Gasteiger partial charge on any atom is -0.389 e. The van der Waals surface area contributed by atoms with Crippen molar-refractivity contribution in [3.8, 4) is 0 Å². The molecule has 0 unspecified atom stereocenters. The minimum atomic E-state index is 0.421. The fraction of sp³-hybridized carbons (Fsp3) is 0.600. The molecule has 2 fully saturated rings. The zero-order chi connectivity index (χ0) is 13.4. The van der Waals surface area contributed by atoms with Crippen LogP contribution in [0.4, 0.5) is 5.82 Å². The maximum atomic E-state index is 5.77. The van der Waals surface area contributed by atoms with Crippen molar-refractivity contribution in [3.05, 3.63) is 23.4 Å². The second-order valence-corrected chi connectivity index (χ2v) is 6.37. The number of anilines is 1. The van der Waals surface area contributed by atoms with Crippen LogP contribution in [0.25, 0.3) is 0 Å². The predicted octanol–water partition coefficient (Wildman–Crippen LogP) is 2.87. The lowest BCUT2D eigenvalue weighted by atomic mass is 9.98. The van der Waals surface area contributed by atoms with Crippen LogP contribution in [-0.2, 0) is 0 Å². The van der Waals surface area contributed by atoms with Gasteiger partial charge in [-0.05, 0) is 62.5 Å². The Morgan fingerprint density at radius 1 is 1.37 bits per heavy atom. The van der Waals surface area contributed by atoms with Gasteiger partial charge >= 0.3 is 0 Å². The first kappa shape index (κ1) is 12.9. The molecule has 19 heavy (non-hydrogen) atoms. The number of hydrogen-bond donors (Lipinski definition) is 2. The number of pyridine rings is 1. The largest absolute Gasteiger partial charge is 0.389 e. The molecule has 3 rings (SSSR count). The summed E-state index contributed by atoms with van der Waals surface area (Å²) in [6, 6.07) is 3.93. The van der Waals surface area contributed by atoms with Gasteiger partial charge in [-0.15, -0.1) is 0 Å². The average molecular weight is 275 g/mol. The number of hydrogen-bond acceptors (Lipinski definition) is 3. The maximum Gasteiger partial charge on any atom is 0.136 e. The quantitative estimate of drug-likeness (QED) is 0.784. The number of aryl methyl sites for hydroxylation is 1. The summed E-state index contributed by atoms with van der Waals surface area (Å²) < 4.78 is 0. The summed E-state index contributed by atoms with van der Waals surface area (Å²) >= 11 is 5.10. The average Bonchev–Trinajstić information content (AvgIpc) is 3.24. The molecule has 0 atom stereocenters. The lowest BCUT2D eigenvalue weighted by molar-refractivity contribution is 0.427. The monoisotopic (exact) mass is 275 g/mol. The van der Waals surface area contributed by atoms with Gasteiger partial charge in [-0.25, -0.2) is 4.98 Å². The second-order valence-electron chi connectivity index (χ2n) is 5.93. The highest BCUT2D eigenvalue weighted by molar-refractivity contribution is 7.80. The fourth-order valence-electron chi connectivity index (χ4n) is 2.87. The predicted molar refractivity (Wildman–Crippen MR) is 82.3 cm³/mol. The van der Waals surface area contributed by atoms with Crippen molar-refractivity contribution in [1.82, 2.24) is 4.98 Å². The Morgan fingerprint density at radius 3 is 2.53 bits per heavy atom. The van der Waals surface area contributed by atoms with E-state index in [1.807, 2.05) is 19.1 Å². The first-order chi connectivity index (χ1) is 9.15. The molecule has 1 aromatic rings. The summed E-state index contributed by atoms with van der Waals surface area (Å²) in [5.41, 5.74) is 7.63. The Balaban J connectivity index is 1.71. The third-order valence-corrected chi connectivity index (χ3v) is 4.48. The van der Waals surface area contributed by atoms with E-state index >= 15 is 0 Å². The van der Waals surface area contributed by atoms with Crippen LogP contribution >= 0.6 is 12.2 Å². The number of nitrogens with zero attached hydrogens (tertiary/aromatic N) is 1.